The van der Waals surface area contributed by atoms with Crippen molar-refractivity contribution in [2.75, 3.05) is 7.11 Å². The van der Waals surface area contributed by atoms with E-state index in [1.54, 1.807) is 6.07 Å². The predicted octanol–water partition coefficient (Wildman–Crippen LogP) is 2.97. The zero-order valence-electron chi connectivity index (χ0n) is 10.5. The van der Waals surface area contributed by atoms with E-state index < -0.39 is 5.97 Å². The van der Waals surface area contributed by atoms with Crippen LogP contribution >= 0.6 is 0 Å². The Labute approximate surface area is 111 Å². The Hall–Kier alpha value is -2.49. The molecule has 2 aromatic carbocycles. The smallest absolute Gasteiger partial charge is 0.335 e. The fourth-order valence-corrected chi connectivity index (χ4v) is 1.66. The maximum absolute atomic E-state index is 10.9. The van der Waals surface area contributed by atoms with Crippen molar-refractivity contribution in [3.63, 3.8) is 0 Å². The lowest BCUT2D eigenvalue weighted by Gasteiger charge is -2.11. The van der Waals surface area contributed by atoms with Crippen molar-refractivity contribution in [2.45, 2.75) is 6.61 Å². The highest BCUT2D eigenvalue weighted by Crippen LogP contribution is 2.28. The quantitative estimate of drug-likeness (QED) is 0.898. The van der Waals surface area contributed by atoms with Crippen LogP contribution in [0.2, 0.25) is 0 Å². The van der Waals surface area contributed by atoms with Crippen molar-refractivity contribution in [3.05, 3.63) is 59.7 Å². The summed E-state index contributed by atoms with van der Waals surface area (Å²) in [5.74, 6) is -0.0555. The summed E-state index contributed by atoms with van der Waals surface area (Å²) in [6.45, 7) is 0.406. The third-order valence-electron chi connectivity index (χ3n) is 2.65. The number of carboxylic acids is 1. The number of methoxy groups -OCH3 is 1. The van der Waals surface area contributed by atoms with Crippen LogP contribution in [0.4, 0.5) is 0 Å². The van der Waals surface area contributed by atoms with E-state index in [1.807, 2.05) is 30.3 Å². The van der Waals surface area contributed by atoms with Gasteiger partial charge in [0.05, 0.1) is 12.7 Å². The summed E-state index contributed by atoms with van der Waals surface area (Å²) in [5.41, 5.74) is 1.20. The molecule has 0 radical (unpaired) electrons. The molecule has 0 aliphatic heterocycles. The van der Waals surface area contributed by atoms with Gasteiger partial charge in [0.15, 0.2) is 11.5 Å². The lowest BCUT2D eigenvalue weighted by molar-refractivity contribution is 0.0696. The zero-order chi connectivity index (χ0) is 13.7. The molecule has 0 spiro atoms. The van der Waals surface area contributed by atoms with E-state index in [4.69, 9.17) is 14.6 Å². The van der Waals surface area contributed by atoms with E-state index in [2.05, 4.69) is 0 Å². The molecule has 4 nitrogen and oxygen atoms in total. The number of aromatic carboxylic acids is 1. The van der Waals surface area contributed by atoms with Crippen LogP contribution in [-0.4, -0.2) is 18.2 Å². The number of rotatable bonds is 5. The molecule has 2 rings (SSSR count). The van der Waals surface area contributed by atoms with Gasteiger partial charge in [0.1, 0.15) is 6.61 Å². The van der Waals surface area contributed by atoms with Crippen LogP contribution in [0, 0.1) is 0 Å². The van der Waals surface area contributed by atoms with Crippen molar-refractivity contribution in [1.82, 2.24) is 0 Å². The Morgan fingerprint density at radius 2 is 1.84 bits per heavy atom. The van der Waals surface area contributed by atoms with Crippen molar-refractivity contribution in [3.8, 4) is 11.5 Å². The van der Waals surface area contributed by atoms with Crippen LogP contribution in [-0.2, 0) is 6.61 Å². The Balaban J connectivity index is 2.14. The molecule has 0 bridgehead atoms. The third kappa shape index (κ3) is 3.25. The fourth-order valence-electron chi connectivity index (χ4n) is 1.66. The molecular formula is C15H14O4. The van der Waals surface area contributed by atoms with E-state index in [-0.39, 0.29) is 5.56 Å². The molecule has 0 saturated carbocycles. The number of hydrogen-bond donors (Lipinski definition) is 1. The first kappa shape index (κ1) is 13.0. The highest BCUT2D eigenvalue weighted by molar-refractivity contribution is 5.88. The molecule has 1 N–H and O–H groups in total. The predicted molar refractivity (Wildman–Crippen MR) is 70.7 cm³/mol. The number of carbonyl (C=O) groups is 1. The summed E-state index contributed by atoms with van der Waals surface area (Å²) in [5, 5.41) is 8.91. The molecule has 0 heterocycles. The van der Waals surface area contributed by atoms with Gasteiger partial charge in [-0.2, -0.15) is 0 Å². The van der Waals surface area contributed by atoms with Crippen molar-refractivity contribution < 1.29 is 19.4 Å². The van der Waals surface area contributed by atoms with Gasteiger partial charge < -0.3 is 14.6 Å². The first-order valence-corrected chi connectivity index (χ1v) is 5.79. The summed E-state index contributed by atoms with van der Waals surface area (Å²) < 4.78 is 10.8. The lowest BCUT2D eigenvalue weighted by Crippen LogP contribution is -2.00. The van der Waals surface area contributed by atoms with E-state index in [0.717, 1.165) is 5.56 Å². The average Bonchev–Trinajstić information content (AvgIpc) is 2.45. The molecule has 0 atom stereocenters. The Bertz CT molecular complexity index is 564. The summed E-state index contributed by atoms with van der Waals surface area (Å²) in [6, 6.07) is 14.3. The summed E-state index contributed by atoms with van der Waals surface area (Å²) >= 11 is 0. The van der Waals surface area contributed by atoms with Crippen LogP contribution in [0.15, 0.2) is 48.5 Å². The van der Waals surface area contributed by atoms with Gasteiger partial charge in [0, 0.05) is 0 Å². The molecule has 98 valence electrons. The number of ether oxygens (including phenoxy) is 2. The van der Waals surface area contributed by atoms with Gasteiger partial charge in [-0.25, -0.2) is 4.79 Å². The van der Waals surface area contributed by atoms with Crippen LogP contribution in [0.5, 0.6) is 11.5 Å². The van der Waals surface area contributed by atoms with E-state index in [1.165, 1.54) is 19.2 Å². The SMILES string of the molecule is [14CH3]Oc1cc(C(=O)O)ccc1OCc1ccccc1. The van der Waals surface area contributed by atoms with Gasteiger partial charge in [-0.3, -0.25) is 0 Å². The minimum absolute atomic E-state index is 0.170. The van der Waals surface area contributed by atoms with Gasteiger partial charge in [0.25, 0.3) is 0 Å². The first-order valence-electron chi connectivity index (χ1n) is 5.79. The van der Waals surface area contributed by atoms with Gasteiger partial charge in [-0.05, 0) is 23.8 Å². The Kier molecular flexibility index (Phi) is 4.03. The number of hydrogen-bond acceptors (Lipinski definition) is 3. The molecule has 4 heteroatoms. The fraction of sp³-hybridized carbons (Fsp3) is 0.133. The van der Waals surface area contributed by atoms with Gasteiger partial charge in [0.2, 0.25) is 0 Å². The summed E-state index contributed by atoms with van der Waals surface area (Å²) in [6.07, 6.45) is 0. The van der Waals surface area contributed by atoms with Gasteiger partial charge in [-0.1, -0.05) is 30.3 Å². The average molecular weight is 260 g/mol. The second kappa shape index (κ2) is 5.91. The largest absolute Gasteiger partial charge is 0.493 e. The van der Waals surface area contributed by atoms with Crippen molar-refractivity contribution >= 4 is 5.97 Å². The third-order valence-corrected chi connectivity index (χ3v) is 2.65. The molecule has 0 aromatic heterocycles. The normalized spacial score (nSPS) is 9.95. The molecule has 2 aromatic rings. The summed E-state index contributed by atoms with van der Waals surface area (Å²) in [7, 11) is 1.48. The van der Waals surface area contributed by atoms with Gasteiger partial charge >= 0.3 is 5.97 Å². The van der Waals surface area contributed by atoms with Crippen molar-refractivity contribution in [1.29, 1.82) is 0 Å². The molecule has 19 heavy (non-hydrogen) atoms. The first-order chi connectivity index (χ1) is 9.20. The molecule has 0 aliphatic rings. The molecule has 0 fully saturated rings. The number of carboxylic acid groups (broad SMARTS) is 1. The highest BCUT2D eigenvalue weighted by Gasteiger charge is 2.09. The standard InChI is InChI=1S/C15H14O4/c1-18-14-9-12(15(16)17)7-8-13(14)19-10-11-5-3-2-4-6-11/h2-9H,10H2,1H3,(H,16,17)/i1+2. The van der Waals surface area contributed by atoms with Crippen LogP contribution in [0.25, 0.3) is 0 Å². The molecule has 0 saturated heterocycles. The highest BCUT2D eigenvalue weighted by atomic mass is 16.6. The molecule has 0 unspecified atom stereocenters. The maximum Gasteiger partial charge on any atom is 0.335 e. The van der Waals surface area contributed by atoms with E-state index >= 15 is 0 Å². The van der Waals surface area contributed by atoms with Crippen LogP contribution < -0.4 is 9.47 Å². The number of benzene rings is 2. The second-order valence-electron chi connectivity index (χ2n) is 3.95. The van der Waals surface area contributed by atoms with Crippen LogP contribution in [0.3, 0.4) is 0 Å². The minimum atomic E-state index is -0.993. The van der Waals surface area contributed by atoms with Gasteiger partial charge in [-0.15, -0.1) is 0 Å². The monoisotopic (exact) mass is 260 g/mol. The maximum atomic E-state index is 10.9. The van der Waals surface area contributed by atoms with E-state index in [9.17, 15) is 4.79 Å². The molecular weight excluding hydrogens is 246 g/mol. The molecule has 0 amide bonds. The summed E-state index contributed by atoms with van der Waals surface area (Å²) in [4.78, 5) is 10.9. The lowest BCUT2D eigenvalue weighted by atomic mass is 10.2. The Morgan fingerprint density at radius 3 is 2.47 bits per heavy atom. The zero-order valence-corrected chi connectivity index (χ0v) is 10.5. The minimum Gasteiger partial charge on any atom is -0.493 e. The van der Waals surface area contributed by atoms with Crippen molar-refractivity contribution in [2.24, 2.45) is 0 Å². The topological polar surface area (TPSA) is 55.8 Å². The van der Waals surface area contributed by atoms with Crippen LogP contribution in [0.1, 0.15) is 15.9 Å². The second-order valence-corrected chi connectivity index (χ2v) is 3.95. The Morgan fingerprint density at radius 1 is 1.11 bits per heavy atom. The molecule has 0 aliphatic carbocycles. The van der Waals surface area contributed by atoms with E-state index in [0.29, 0.717) is 18.1 Å².